The first-order valence-electron chi connectivity index (χ1n) is 6.95. The number of carbonyl (C=O) groups is 1. The number of nitrogens with one attached hydrogen (secondary N) is 3. The van der Waals surface area contributed by atoms with Crippen LogP contribution in [0.3, 0.4) is 0 Å². The molecule has 1 amide bonds. The Morgan fingerprint density at radius 1 is 1.35 bits per heavy atom. The number of benzene rings is 1. The number of rotatable bonds is 4. The minimum absolute atomic E-state index is 0.0296. The standard InChI is InChI=1S/C15H24N4O/c1-15(2,19(3)4)10-17-14(20)13-9-16-11-7-5-6-8-12(11)18-13/h5-8,13,16,18H,9-10H2,1-4H3,(H,17,20). The molecule has 1 heterocycles. The van der Waals surface area contributed by atoms with Gasteiger partial charge in [0.05, 0.1) is 11.4 Å². The van der Waals surface area contributed by atoms with Gasteiger partial charge < -0.3 is 20.9 Å². The number of nitrogens with zero attached hydrogens (tertiary/aromatic N) is 1. The summed E-state index contributed by atoms with van der Waals surface area (Å²) in [7, 11) is 4.03. The summed E-state index contributed by atoms with van der Waals surface area (Å²) in [6.45, 7) is 5.44. The third kappa shape index (κ3) is 3.22. The molecule has 0 spiro atoms. The SMILES string of the molecule is CN(C)C(C)(C)CNC(=O)C1CNc2ccccc2N1. The van der Waals surface area contributed by atoms with Crippen LogP contribution in [-0.4, -0.2) is 49.6 Å². The van der Waals surface area contributed by atoms with Crippen molar-refractivity contribution in [1.82, 2.24) is 10.2 Å². The molecular weight excluding hydrogens is 252 g/mol. The van der Waals surface area contributed by atoms with E-state index in [1.807, 2.05) is 38.4 Å². The molecule has 1 aliphatic rings. The highest BCUT2D eigenvalue weighted by molar-refractivity contribution is 5.88. The van der Waals surface area contributed by atoms with E-state index in [0.29, 0.717) is 13.1 Å². The zero-order valence-electron chi connectivity index (χ0n) is 12.7. The van der Waals surface area contributed by atoms with E-state index in [1.165, 1.54) is 0 Å². The van der Waals surface area contributed by atoms with Crippen LogP contribution in [0.4, 0.5) is 11.4 Å². The van der Waals surface area contributed by atoms with E-state index in [2.05, 4.69) is 34.7 Å². The van der Waals surface area contributed by atoms with Crippen molar-refractivity contribution in [3.8, 4) is 0 Å². The lowest BCUT2D eigenvalue weighted by molar-refractivity contribution is -0.122. The number of para-hydroxylation sites is 2. The average Bonchev–Trinajstić information content (AvgIpc) is 2.44. The molecule has 0 aromatic heterocycles. The summed E-state index contributed by atoms with van der Waals surface area (Å²) in [6.07, 6.45) is 0. The van der Waals surface area contributed by atoms with Crippen molar-refractivity contribution in [2.24, 2.45) is 0 Å². The lowest BCUT2D eigenvalue weighted by atomic mass is 10.0. The molecule has 1 aliphatic heterocycles. The Balaban J connectivity index is 1.92. The van der Waals surface area contributed by atoms with Crippen LogP contribution in [0.15, 0.2) is 24.3 Å². The second-order valence-electron chi connectivity index (χ2n) is 6.05. The van der Waals surface area contributed by atoms with Crippen molar-refractivity contribution in [2.75, 3.05) is 37.8 Å². The van der Waals surface area contributed by atoms with Crippen LogP contribution in [0.2, 0.25) is 0 Å². The van der Waals surface area contributed by atoms with Gasteiger partial charge in [0.15, 0.2) is 0 Å². The van der Waals surface area contributed by atoms with Gasteiger partial charge in [0, 0.05) is 18.6 Å². The third-order valence-electron chi connectivity index (χ3n) is 3.98. The molecule has 0 saturated carbocycles. The highest BCUT2D eigenvalue weighted by Gasteiger charge is 2.26. The number of carbonyl (C=O) groups excluding carboxylic acids is 1. The van der Waals surface area contributed by atoms with Crippen LogP contribution in [0.5, 0.6) is 0 Å². The predicted octanol–water partition coefficient (Wildman–Crippen LogP) is 1.35. The average molecular weight is 276 g/mol. The lowest BCUT2D eigenvalue weighted by Crippen LogP contribution is -2.53. The van der Waals surface area contributed by atoms with Crippen molar-refractivity contribution >= 4 is 17.3 Å². The molecule has 20 heavy (non-hydrogen) atoms. The fraction of sp³-hybridized carbons (Fsp3) is 0.533. The Morgan fingerprint density at radius 2 is 2.00 bits per heavy atom. The second kappa shape index (κ2) is 5.71. The summed E-state index contributed by atoms with van der Waals surface area (Å²) < 4.78 is 0. The van der Waals surface area contributed by atoms with Crippen molar-refractivity contribution in [3.05, 3.63) is 24.3 Å². The Bertz CT molecular complexity index is 485. The van der Waals surface area contributed by atoms with Gasteiger partial charge in [0.25, 0.3) is 0 Å². The molecule has 0 fully saturated rings. The molecule has 5 heteroatoms. The second-order valence-corrected chi connectivity index (χ2v) is 6.05. The van der Waals surface area contributed by atoms with Gasteiger partial charge in [-0.05, 0) is 40.1 Å². The minimum atomic E-state index is -0.233. The van der Waals surface area contributed by atoms with Gasteiger partial charge in [-0.2, -0.15) is 0 Å². The van der Waals surface area contributed by atoms with Crippen LogP contribution in [0, 0.1) is 0 Å². The monoisotopic (exact) mass is 276 g/mol. The van der Waals surface area contributed by atoms with Gasteiger partial charge in [-0.3, -0.25) is 4.79 Å². The molecule has 0 aliphatic carbocycles. The Hall–Kier alpha value is -1.75. The zero-order valence-corrected chi connectivity index (χ0v) is 12.7. The number of amides is 1. The Kier molecular flexibility index (Phi) is 4.18. The van der Waals surface area contributed by atoms with E-state index in [1.54, 1.807) is 0 Å². The minimum Gasteiger partial charge on any atom is -0.381 e. The van der Waals surface area contributed by atoms with E-state index < -0.39 is 0 Å². The van der Waals surface area contributed by atoms with Gasteiger partial charge in [-0.25, -0.2) is 0 Å². The maximum Gasteiger partial charge on any atom is 0.244 e. The van der Waals surface area contributed by atoms with E-state index in [-0.39, 0.29) is 17.5 Å². The van der Waals surface area contributed by atoms with Gasteiger partial charge in [-0.1, -0.05) is 12.1 Å². The van der Waals surface area contributed by atoms with Crippen LogP contribution >= 0.6 is 0 Å². The largest absolute Gasteiger partial charge is 0.381 e. The first-order valence-corrected chi connectivity index (χ1v) is 6.95. The van der Waals surface area contributed by atoms with Crippen molar-refractivity contribution in [2.45, 2.75) is 25.4 Å². The molecule has 2 rings (SSSR count). The van der Waals surface area contributed by atoms with Crippen LogP contribution in [0.1, 0.15) is 13.8 Å². The molecule has 0 bridgehead atoms. The molecule has 1 unspecified atom stereocenters. The highest BCUT2D eigenvalue weighted by Crippen LogP contribution is 2.25. The Labute approximate surface area is 120 Å². The van der Waals surface area contributed by atoms with Gasteiger partial charge in [0.2, 0.25) is 5.91 Å². The van der Waals surface area contributed by atoms with E-state index in [9.17, 15) is 4.79 Å². The summed E-state index contributed by atoms with van der Waals surface area (Å²) in [5.74, 6) is 0.0296. The van der Waals surface area contributed by atoms with Crippen LogP contribution in [0.25, 0.3) is 0 Å². The molecule has 110 valence electrons. The molecule has 0 radical (unpaired) electrons. The lowest BCUT2D eigenvalue weighted by Gasteiger charge is -2.34. The van der Waals surface area contributed by atoms with E-state index in [0.717, 1.165) is 11.4 Å². The van der Waals surface area contributed by atoms with Crippen molar-refractivity contribution in [1.29, 1.82) is 0 Å². The fourth-order valence-electron chi connectivity index (χ4n) is 1.96. The third-order valence-corrected chi connectivity index (χ3v) is 3.98. The molecule has 1 atom stereocenters. The molecule has 0 saturated heterocycles. The highest BCUT2D eigenvalue weighted by atomic mass is 16.2. The quantitative estimate of drug-likeness (QED) is 0.777. The number of anilines is 2. The van der Waals surface area contributed by atoms with Crippen molar-refractivity contribution in [3.63, 3.8) is 0 Å². The van der Waals surface area contributed by atoms with Gasteiger partial charge >= 0.3 is 0 Å². The topological polar surface area (TPSA) is 56.4 Å². The zero-order chi connectivity index (χ0) is 14.8. The summed E-state index contributed by atoms with van der Waals surface area (Å²) in [6, 6.07) is 7.69. The number of hydrogen-bond donors (Lipinski definition) is 3. The van der Waals surface area contributed by atoms with E-state index >= 15 is 0 Å². The fourth-order valence-corrected chi connectivity index (χ4v) is 1.96. The number of hydrogen-bond acceptors (Lipinski definition) is 4. The maximum absolute atomic E-state index is 12.2. The van der Waals surface area contributed by atoms with Crippen molar-refractivity contribution < 1.29 is 4.79 Å². The number of likely N-dealkylation sites (N-methyl/N-ethyl adjacent to an activating group) is 1. The van der Waals surface area contributed by atoms with E-state index in [4.69, 9.17) is 0 Å². The summed E-state index contributed by atoms with van der Waals surface area (Å²) in [5, 5.41) is 9.58. The van der Waals surface area contributed by atoms with Gasteiger partial charge in [0.1, 0.15) is 6.04 Å². The van der Waals surface area contributed by atoms with Gasteiger partial charge in [-0.15, -0.1) is 0 Å². The summed E-state index contributed by atoms with van der Waals surface area (Å²) in [4.78, 5) is 14.4. The first-order chi connectivity index (χ1) is 9.40. The summed E-state index contributed by atoms with van der Waals surface area (Å²) >= 11 is 0. The Morgan fingerprint density at radius 3 is 2.65 bits per heavy atom. The maximum atomic E-state index is 12.2. The first kappa shape index (κ1) is 14.7. The predicted molar refractivity (Wildman–Crippen MR) is 83.1 cm³/mol. The summed E-state index contributed by atoms with van der Waals surface area (Å²) in [5.41, 5.74) is 1.96. The smallest absolute Gasteiger partial charge is 0.244 e. The number of fused-ring (bicyclic) bond motifs is 1. The molecular formula is C15H24N4O. The molecule has 1 aromatic rings. The normalized spacial score (nSPS) is 17.9. The van der Waals surface area contributed by atoms with Crippen LogP contribution in [-0.2, 0) is 4.79 Å². The molecule has 3 N–H and O–H groups in total. The molecule has 1 aromatic carbocycles. The molecule has 5 nitrogen and oxygen atoms in total. The van der Waals surface area contributed by atoms with Crippen LogP contribution < -0.4 is 16.0 Å².